The van der Waals surface area contributed by atoms with Gasteiger partial charge in [0.05, 0.1) is 12.3 Å². The van der Waals surface area contributed by atoms with Crippen LogP contribution in [0.2, 0.25) is 5.02 Å². The highest BCUT2D eigenvalue weighted by atomic mass is 35.5. The van der Waals surface area contributed by atoms with Crippen LogP contribution >= 0.6 is 19.0 Å². The van der Waals surface area contributed by atoms with Gasteiger partial charge in [0.2, 0.25) is 7.37 Å². The molecule has 0 saturated carbocycles. The van der Waals surface area contributed by atoms with E-state index in [-0.39, 0.29) is 12.3 Å². The number of rotatable bonds is 6. The minimum atomic E-state index is -3.33. The molecule has 108 valence electrons. The van der Waals surface area contributed by atoms with Crippen LogP contribution < -0.4 is 5.73 Å². The first-order valence-corrected chi connectivity index (χ1v) is 8.57. The first-order valence-electron chi connectivity index (χ1n) is 6.16. The van der Waals surface area contributed by atoms with Crippen LogP contribution in [0.4, 0.5) is 0 Å². The van der Waals surface area contributed by atoms with Gasteiger partial charge in [-0.3, -0.25) is 4.57 Å². The number of halogens is 1. The summed E-state index contributed by atoms with van der Waals surface area (Å²) >= 11 is 5.82. The largest absolute Gasteiger partial charge is 0.393 e. The summed E-state index contributed by atoms with van der Waals surface area (Å²) in [5, 5.41) is 9.81. The Morgan fingerprint density at radius 1 is 1.42 bits per heavy atom. The molecule has 4 nitrogen and oxygen atoms in total. The van der Waals surface area contributed by atoms with Crippen molar-refractivity contribution in [1.82, 2.24) is 0 Å². The average Bonchev–Trinajstić information content (AvgIpc) is 2.26. The Bertz CT molecular complexity index is 459. The number of nitrogens with two attached hydrogens (primary N) is 1. The Hall–Kier alpha value is -0.380. The Balaban J connectivity index is 2.70. The van der Waals surface area contributed by atoms with Crippen molar-refractivity contribution in [2.45, 2.75) is 31.9 Å². The molecule has 19 heavy (non-hydrogen) atoms. The number of hydrogen-bond donors (Lipinski definition) is 3. The highest BCUT2D eigenvalue weighted by molar-refractivity contribution is 7.58. The second kappa shape index (κ2) is 6.38. The van der Waals surface area contributed by atoms with E-state index in [1.807, 2.05) is 19.1 Å². The van der Waals surface area contributed by atoms with Gasteiger partial charge in [0, 0.05) is 16.7 Å². The zero-order valence-electron chi connectivity index (χ0n) is 11.2. The van der Waals surface area contributed by atoms with E-state index in [9.17, 15) is 14.6 Å². The maximum Gasteiger partial charge on any atom is 0.203 e. The second-order valence-corrected chi connectivity index (χ2v) is 8.22. The van der Waals surface area contributed by atoms with Gasteiger partial charge in [0.1, 0.15) is 0 Å². The van der Waals surface area contributed by atoms with Gasteiger partial charge >= 0.3 is 0 Å². The van der Waals surface area contributed by atoms with E-state index in [4.69, 9.17) is 17.3 Å². The number of aliphatic hydroxyl groups is 1. The third-order valence-corrected chi connectivity index (χ3v) is 5.31. The average molecular weight is 306 g/mol. The molecule has 0 aliphatic heterocycles. The van der Waals surface area contributed by atoms with E-state index >= 15 is 0 Å². The molecule has 0 fully saturated rings. The Labute approximate surface area is 119 Å². The van der Waals surface area contributed by atoms with Crippen LogP contribution in [0.1, 0.15) is 25.8 Å². The third-order valence-electron chi connectivity index (χ3n) is 3.03. The SMILES string of the molecule is CC(O)CP(=O)(O)CCC(C)(N)c1ccc(Cl)cc1. The van der Waals surface area contributed by atoms with Gasteiger partial charge in [0.25, 0.3) is 0 Å². The van der Waals surface area contributed by atoms with Crippen LogP contribution in [0.3, 0.4) is 0 Å². The van der Waals surface area contributed by atoms with E-state index in [1.165, 1.54) is 6.92 Å². The van der Waals surface area contributed by atoms with Crippen molar-refractivity contribution in [3.8, 4) is 0 Å². The quantitative estimate of drug-likeness (QED) is 0.705. The van der Waals surface area contributed by atoms with Crippen molar-refractivity contribution in [3.63, 3.8) is 0 Å². The van der Waals surface area contributed by atoms with Crippen LogP contribution in [-0.2, 0) is 10.1 Å². The summed E-state index contributed by atoms with van der Waals surface area (Å²) in [6.45, 7) is 3.32. The summed E-state index contributed by atoms with van der Waals surface area (Å²) in [5.74, 6) is 0. The molecule has 0 aliphatic rings. The van der Waals surface area contributed by atoms with E-state index in [0.29, 0.717) is 11.4 Å². The molecule has 6 heteroatoms. The number of aliphatic hydroxyl groups excluding tert-OH is 1. The van der Waals surface area contributed by atoms with Gasteiger partial charge in [-0.15, -0.1) is 0 Å². The summed E-state index contributed by atoms with van der Waals surface area (Å²) in [7, 11) is -3.33. The molecule has 0 spiro atoms. The molecule has 0 bridgehead atoms. The van der Waals surface area contributed by atoms with Crippen LogP contribution in [0, 0.1) is 0 Å². The number of hydrogen-bond acceptors (Lipinski definition) is 3. The van der Waals surface area contributed by atoms with Gasteiger partial charge in [0.15, 0.2) is 0 Å². The monoisotopic (exact) mass is 305 g/mol. The third kappa shape index (κ3) is 5.64. The summed E-state index contributed by atoms with van der Waals surface area (Å²) in [6.07, 6.45) is -0.415. The molecular weight excluding hydrogens is 285 g/mol. The smallest absolute Gasteiger partial charge is 0.203 e. The maximum atomic E-state index is 11.9. The maximum absolute atomic E-state index is 11.9. The standard InChI is InChI=1S/C13H21ClNO3P/c1-10(16)9-19(17,18)8-7-13(2,15)11-3-5-12(14)6-4-11/h3-6,10,16H,7-9,15H2,1-2H3,(H,17,18). The molecule has 0 saturated heterocycles. The van der Waals surface area contributed by atoms with Crippen molar-refractivity contribution in [1.29, 1.82) is 0 Å². The lowest BCUT2D eigenvalue weighted by Gasteiger charge is -2.26. The van der Waals surface area contributed by atoms with Crippen LogP contribution in [0.25, 0.3) is 0 Å². The molecule has 0 radical (unpaired) electrons. The molecular formula is C13H21ClNO3P. The van der Waals surface area contributed by atoms with Gasteiger partial charge in [-0.1, -0.05) is 23.7 Å². The van der Waals surface area contributed by atoms with Crippen molar-refractivity contribution in [2.24, 2.45) is 5.73 Å². The fourth-order valence-electron chi connectivity index (χ4n) is 1.89. The predicted octanol–water partition coefficient (Wildman–Crippen LogP) is 2.56. The molecule has 0 aliphatic carbocycles. The molecule has 1 aromatic carbocycles. The van der Waals surface area contributed by atoms with E-state index < -0.39 is 19.0 Å². The molecule has 4 N–H and O–H groups in total. The molecule has 0 amide bonds. The predicted molar refractivity (Wildman–Crippen MR) is 78.8 cm³/mol. The highest BCUT2D eigenvalue weighted by Gasteiger charge is 2.27. The van der Waals surface area contributed by atoms with E-state index in [0.717, 1.165) is 5.56 Å². The lowest BCUT2D eigenvalue weighted by atomic mass is 9.91. The van der Waals surface area contributed by atoms with Gasteiger partial charge in [-0.2, -0.15) is 0 Å². The summed E-state index contributed by atoms with van der Waals surface area (Å²) in [5.41, 5.74) is 6.36. The van der Waals surface area contributed by atoms with Crippen LogP contribution in [-0.4, -0.2) is 28.4 Å². The fraction of sp³-hybridized carbons (Fsp3) is 0.538. The Morgan fingerprint density at radius 3 is 2.42 bits per heavy atom. The van der Waals surface area contributed by atoms with Gasteiger partial charge < -0.3 is 15.7 Å². The normalized spacial score (nSPS) is 19.5. The second-order valence-electron chi connectivity index (χ2n) is 5.28. The molecule has 1 aromatic rings. The first kappa shape index (κ1) is 16.7. The van der Waals surface area contributed by atoms with Crippen molar-refractivity contribution >= 4 is 19.0 Å². The molecule has 3 atom stereocenters. The van der Waals surface area contributed by atoms with E-state index in [1.54, 1.807) is 12.1 Å². The lowest BCUT2D eigenvalue weighted by molar-refractivity contribution is 0.214. The van der Waals surface area contributed by atoms with Crippen molar-refractivity contribution in [3.05, 3.63) is 34.9 Å². The van der Waals surface area contributed by atoms with Gasteiger partial charge in [-0.05, 0) is 38.0 Å². The van der Waals surface area contributed by atoms with Crippen LogP contribution in [0.15, 0.2) is 24.3 Å². The number of benzene rings is 1. The Morgan fingerprint density at radius 2 is 1.95 bits per heavy atom. The highest BCUT2D eigenvalue weighted by Crippen LogP contribution is 2.43. The van der Waals surface area contributed by atoms with Gasteiger partial charge in [-0.25, -0.2) is 0 Å². The summed E-state index contributed by atoms with van der Waals surface area (Å²) in [4.78, 5) is 9.76. The molecule has 1 rings (SSSR count). The Kier molecular flexibility index (Phi) is 5.60. The van der Waals surface area contributed by atoms with E-state index in [2.05, 4.69) is 0 Å². The molecule has 0 heterocycles. The summed E-state index contributed by atoms with van der Waals surface area (Å²) in [6, 6.07) is 7.13. The molecule has 0 aromatic heterocycles. The van der Waals surface area contributed by atoms with Crippen molar-refractivity contribution < 1.29 is 14.6 Å². The summed E-state index contributed by atoms with van der Waals surface area (Å²) < 4.78 is 11.9. The fourth-order valence-corrected chi connectivity index (χ4v) is 3.83. The molecule has 3 unspecified atom stereocenters. The van der Waals surface area contributed by atoms with Crippen LogP contribution in [0.5, 0.6) is 0 Å². The minimum absolute atomic E-state index is 0.0908. The topological polar surface area (TPSA) is 83.5 Å². The zero-order valence-corrected chi connectivity index (χ0v) is 12.9. The zero-order chi connectivity index (χ0) is 14.7. The lowest BCUT2D eigenvalue weighted by Crippen LogP contribution is -2.34. The first-order chi connectivity index (χ1) is 8.62. The van der Waals surface area contributed by atoms with Crippen molar-refractivity contribution in [2.75, 3.05) is 12.3 Å². The minimum Gasteiger partial charge on any atom is -0.393 e.